The zero-order chi connectivity index (χ0) is 11.9. The number of hydrogen-bond donors (Lipinski definition) is 0. The molecule has 86 valence electrons. The van der Waals surface area contributed by atoms with E-state index < -0.39 is 0 Å². The number of hydrogen-bond acceptors (Lipinski definition) is 4. The van der Waals surface area contributed by atoms with E-state index in [0.717, 1.165) is 22.9 Å². The van der Waals surface area contributed by atoms with Crippen molar-refractivity contribution in [1.29, 1.82) is 5.26 Å². The average molecular weight is 244 g/mol. The molecule has 0 bridgehead atoms. The first kappa shape index (κ1) is 11.6. The van der Waals surface area contributed by atoms with Crippen LogP contribution < -0.4 is 4.74 Å². The van der Waals surface area contributed by atoms with E-state index in [2.05, 4.69) is 11.1 Å². The highest BCUT2D eigenvalue weighted by Crippen LogP contribution is 2.12. The van der Waals surface area contributed by atoms with Crippen molar-refractivity contribution in [2.75, 3.05) is 6.61 Å². The number of nitriles is 1. The predicted octanol–water partition coefficient (Wildman–Crippen LogP) is 2.83. The molecule has 0 aliphatic heterocycles. The van der Waals surface area contributed by atoms with E-state index in [1.807, 2.05) is 35.7 Å². The van der Waals surface area contributed by atoms with Gasteiger partial charge in [0.05, 0.1) is 29.8 Å². The Balaban J connectivity index is 1.80. The zero-order valence-corrected chi connectivity index (χ0v) is 10.1. The van der Waals surface area contributed by atoms with Gasteiger partial charge in [0.25, 0.3) is 0 Å². The Kier molecular flexibility index (Phi) is 4.11. The van der Waals surface area contributed by atoms with Crippen molar-refractivity contribution < 1.29 is 4.74 Å². The van der Waals surface area contributed by atoms with E-state index >= 15 is 0 Å². The Bertz CT molecular complexity index is 502. The summed E-state index contributed by atoms with van der Waals surface area (Å²) in [5.74, 6) is 0.876. The number of ether oxygens (including phenoxy) is 1. The van der Waals surface area contributed by atoms with Crippen molar-refractivity contribution in [2.24, 2.45) is 0 Å². The molecule has 1 heterocycles. The number of thiazole rings is 1. The van der Waals surface area contributed by atoms with Crippen LogP contribution in [0.5, 0.6) is 5.75 Å². The van der Waals surface area contributed by atoms with Crippen molar-refractivity contribution in [3.8, 4) is 11.8 Å². The SMILES string of the molecule is N#CCc1csc(CCOc2ccccc2)n1. The summed E-state index contributed by atoms with van der Waals surface area (Å²) in [6.07, 6.45) is 1.17. The van der Waals surface area contributed by atoms with Crippen molar-refractivity contribution in [1.82, 2.24) is 4.98 Å². The molecule has 2 rings (SSSR count). The maximum absolute atomic E-state index is 8.54. The molecule has 0 amide bonds. The van der Waals surface area contributed by atoms with Crippen molar-refractivity contribution in [3.05, 3.63) is 46.4 Å². The lowest BCUT2D eigenvalue weighted by Crippen LogP contribution is -2.01. The van der Waals surface area contributed by atoms with Crippen molar-refractivity contribution in [3.63, 3.8) is 0 Å². The molecule has 0 saturated carbocycles. The number of aromatic nitrogens is 1. The number of para-hydroxylation sites is 1. The Morgan fingerprint density at radius 1 is 1.29 bits per heavy atom. The van der Waals surface area contributed by atoms with Gasteiger partial charge < -0.3 is 4.74 Å². The molecule has 0 fully saturated rings. The van der Waals surface area contributed by atoms with Gasteiger partial charge in [-0.2, -0.15) is 5.26 Å². The molecular weight excluding hydrogens is 232 g/mol. The lowest BCUT2D eigenvalue weighted by molar-refractivity contribution is 0.321. The molecule has 2 aromatic rings. The lowest BCUT2D eigenvalue weighted by Gasteiger charge is -2.03. The van der Waals surface area contributed by atoms with Gasteiger partial charge in [-0.25, -0.2) is 4.98 Å². The topological polar surface area (TPSA) is 45.9 Å². The summed E-state index contributed by atoms with van der Waals surface area (Å²) < 4.78 is 5.58. The van der Waals surface area contributed by atoms with Gasteiger partial charge in [-0.3, -0.25) is 0 Å². The van der Waals surface area contributed by atoms with Gasteiger partial charge in [0.1, 0.15) is 5.75 Å². The first-order chi connectivity index (χ1) is 8.38. The average Bonchev–Trinajstić information content (AvgIpc) is 2.79. The van der Waals surface area contributed by atoms with Crippen LogP contribution in [0.2, 0.25) is 0 Å². The molecule has 0 aliphatic carbocycles. The van der Waals surface area contributed by atoms with Crippen LogP contribution in [-0.4, -0.2) is 11.6 Å². The van der Waals surface area contributed by atoms with Crippen molar-refractivity contribution >= 4 is 11.3 Å². The first-order valence-electron chi connectivity index (χ1n) is 5.36. The van der Waals surface area contributed by atoms with Gasteiger partial charge in [0.2, 0.25) is 0 Å². The van der Waals surface area contributed by atoms with E-state index in [1.165, 1.54) is 0 Å². The highest BCUT2D eigenvalue weighted by molar-refractivity contribution is 7.09. The lowest BCUT2D eigenvalue weighted by atomic mass is 10.3. The third kappa shape index (κ3) is 3.58. The Labute approximate surface area is 104 Å². The molecule has 0 atom stereocenters. The van der Waals surface area contributed by atoms with Crippen LogP contribution in [0.1, 0.15) is 10.7 Å². The second-order valence-electron chi connectivity index (χ2n) is 3.48. The fourth-order valence-corrected chi connectivity index (χ4v) is 2.18. The van der Waals surface area contributed by atoms with Gasteiger partial charge in [-0.1, -0.05) is 18.2 Å². The third-order valence-corrected chi connectivity index (χ3v) is 3.14. The van der Waals surface area contributed by atoms with E-state index in [9.17, 15) is 0 Å². The Morgan fingerprint density at radius 2 is 2.12 bits per heavy atom. The molecular formula is C13H12N2OS. The second-order valence-corrected chi connectivity index (χ2v) is 4.42. The minimum atomic E-state index is 0.385. The van der Waals surface area contributed by atoms with Crippen LogP contribution in [0.4, 0.5) is 0 Å². The molecule has 0 N–H and O–H groups in total. The molecule has 0 radical (unpaired) electrons. The second kappa shape index (κ2) is 6.02. The standard InChI is InChI=1S/C13H12N2OS/c14-8-6-11-10-17-13(15-11)7-9-16-12-4-2-1-3-5-12/h1-5,10H,6-7,9H2. The van der Waals surface area contributed by atoms with E-state index in [-0.39, 0.29) is 0 Å². The van der Waals surface area contributed by atoms with Crippen LogP contribution in [-0.2, 0) is 12.8 Å². The smallest absolute Gasteiger partial charge is 0.119 e. The van der Waals surface area contributed by atoms with Gasteiger partial charge in [0, 0.05) is 11.8 Å². The van der Waals surface area contributed by atoms with Gasteiger partial charge in [-0.05, 0) is 12.1 Å². The van der Waals surface area contributed by atoms with Gasteiger partial charge in [0.15, 0.2) is 0 Å². The summed E-state index contributed by atoms with van der Waals surface area (Å²) in [4.78, 5) is 4.35. The van der Waals surface area contributed by atoms with Gasteiger partial charge in [-0.15, -0.1) is 11.3 Å². The number of benzene rings is 1. The van der Waals surface area contributed by atoms with Crippen LogP contribution >= 0.6 is 11.3 Å². The van der Waals surface area contributed by atoms with Crippen LogP contribution in [0.25, 0.3) is 0 Å². The summed E-state index contributed by atoms with van der Waals surface area (Å²) in [7, 11) is 0. The summed E-state index contributed by atoms with van der Waals surface area (Å²) >= 11 is 1.58. The minimum Gasteiger partial charge on any atom is -0.493 e. The molecule has 0 aliphatic rings. The number of nitrogens with zero attached hydrogens (tertiary/aromatic N) is 2. The normalized spacial score (nSPS) is 9.82. The zero-order valence-electron chi connectivity index (χ0n) is 9.30. The monoisotopic (exact) mass is 244 g/mol. The molecule has 0 unspecified atom stereocenters. The van der Waals surface area contributed by atoms with E-state index in [0.29, 0.717) is 13.0 Å². The highest BCUT2D eigenvalue weighted by Gasteiger charge is 2.01. The summed E-state index contributed by atoms with van der Waals surface area (Å²) in [5, 5.41) is 11.5. The summed E-state index contributed by atoms with van der Waals surface area (Å²) in [6, 6.07) is 11.8. The van der Waals surface area contributed by atoms with Crippen LogP contribution in [0.3, 0.4) is 0 Å². The fourth-order valence-electron chi connectivity index (χ4n) is 1.40. The first-order valence-corrected chi connectivity index (χ1v) is 6.24. The molecule has 1 aromatic carbocycles. The molecule has 0 spiro atoms. The van der Waals surface area contributed by atoms with Crippen molar-refractivity contribution in [2.45, 2.75) is 12.8 Å². The predicted molar refractivity (Wildman–Crippen MR) is 67.1 cm³/mol. The molecule has 17 heavy (non-hydrogen) atoms. The third-order valence-electron chi connectivity index (χ3n) is 2.19. The maximum Gasteiger partial charge on any atom is 0.119 e. The minimum absolute atomic E-state index is 0.385. The summed E-state index contributed by atoms with van der Waals surface area (Å²) in [5.41, 5.74) is 0.854. The van der Waals surface area contributed by atoms with Crippen LogP contribution in [0.15, 0.2) is 35.7 Å². The van der Waals surface area contributed by atoms with E-state index in [1.54, 1.807) is 11.3 Å². The molecule has 4 heteroatoms. The highest BCUT2D eigenvalue weighted by atomic mass is 32.1. The molecule has 0 saturated heterocycles. The van der Waals surface area contributed by atoms with E-state index in [4.69, 9.17) is 10.00 Å². The maximum atomic E-state index is 8.54. The molecule has 1 aromatic heterocycles. The largest absolute Gasteiger partial charge is 0.493 e. The molecule has 3 nitrogen and oxygen atoms in total. The number of rotatable bonds is 5. The van der Waals surface area contributed by atoms with Gasteiger partial charge >= 0.3 is 0 Å². The fraction of sp³-hybridized carbons (Fsp3) is 0.231. The Morgan fingerprint density at radius 3 is 2.88 bits per heavy atom. The Hall–Kier alpha value is -1.86. The summed E-state index contributed by atoms with van der Waals surface area (Å²) in [6.45, 7) is 0.615. The van der Waals surface area contributed by atoms with Crippen LogP contribution in [0, 0.1) is 11.3 Å². The quantitative estimate of drug-likeness (QED) is 0.812.